The van der Waals surface area contributed by atoms with E-state index in [0.29, 0.717) is 48.6 Å². The number of nitrogens with zero attached hydrogens (tertiary/aromatic N) is 3. The number of likely N-dealkylation sites (tertiary alicyclic amines) is 2. The van der Waals surface area contributed by atoms with E-state index in [-0.39, 0.29) is 23.5 Å². The molecule has 0 aliphatic carbocycles. The summed E-state index contributed by atoms with van der Waals surface area (Å²) in [4.78, 5) is 31.4. The van der Waals surface area contributed by atoms with Crippen LogP contribution in [0.3, 0.4) is 0 Å². The molecule has 2 aromatic rings. The number of rotatable bonds is 8. The van der Waals surface area contributed by atoms with Crippen molar-refractivity contribution in [1.82, 2.24) is 9.80 Å². The van der Waals surface area contributed by atoms with Crippen molar-refractivity contribution in [2.24, 2.45) is 5.92 Å². The second kappa shape index (κ2) is 12.9. The number of benzene rings is 2. The molecule has 2 amide bonds. The first kappa shape index (κ1) is 27.7. The molecule has 1 N–H and O–H groups in total. The number of anilines is 2. The van der Waals surface area contributed by atoms with E-state index in [2.05, 4.69) is 10.2 Å². The number of hydrogen-bond acceptors (Lipinski definition) is 4. The zero-order valence-electron chi connectivity index (χ0n) is 21.3. The SMILES string of the molecule is CC(=O)N1CCC(C(=O)N(CCCN2CCC(Nc3ccc(F)cc3)CC2)c2ccc(Cl)c(Cl)c2)CC1. The topological polar surface area (TPSA) is 55.9 Å². The van der Waals surface area contributed by atoms with E-state index in [1.54, 1.807) is 31.2 Å². The van der Waals surface area contributed by atoms with Crippen molar-refractivity contribution in [2.75, 3.05) is 49.5 Å². The largest absolute Gasteiger partial charge is 0.382 e. The van der Waals surface area contributed by atoms with Gasteiger partial charge in [0.1, 0.15) is 5.82 Å². The highest BCUT2D eigenvalue weighted by atomic mass is 35.5. The highest BCUT2D eigenvalue weighted by Crippen LogP contribution is 2.30. The molecule has 2 aliphatic heterocycles. The normalized spacial score (nSPS) is 17.6. The van der Waals surface area contributed by atoms with Crippen LogP contribution in [0.2, 0.25) is 10.0 Å². The summed E-state index contributed by atoms with van der Waals surface area (Å²) in [6, 6.07) is 12.2. The summed E-state index contributed by atoms with van der Waals surface area (Å²) in [7, 11) is 0. The van der Waals surface area contributed by atoms with Crippen molar-refractivity contribution < 1.29 is 14.0 Å². The second-order valence-corrected chi connectivity index (χ2v) is 10.8. The van der Waals surface area contributed by atoms with Crippen molar-refractivity contribution in [3.05, 3.63) is 58.3 Å². The van der Waals surface area contributed by atoms with Crippen molar-refractivity contribution in [2.45, 2.75) is 45.1 Å². The average Bonchev–Trinajstić information content (AvgIpc) is 2.90. The number of halogens is 3. The summed E-state index contributed by atoms with van der Waals surface area (Å²) in [5.41, 5.74) is 1.71. The van der Waals surface area contributed by atoms with Gasteiger partial charge in [-0.3, -0.25) is 9.59 Å². The lowest BCUT2D eigenvalue weighted by atomic mass is 9.94. The van der Waals surface area contributed by atoms with Crippen LogP contribution in [0, 0.1) is 11.7 Å². The summed E-state index contributed by atoms with van der Waals surface area (Å²) in [5, 5.41) is 4.39. The second-order valence-electron chi connectivity index (χ2n) is 9.99. The Labute approximate surface area is 228 Å². The molecule has 0 radical (unpaired) electrons. The highest BCUT2D eigenvalue weighted by molar-refractivity contribution is 6.42. The molecule has 9 heteroatoms. The third-order valence-corrected chi connectivity index (χ3v) is 8.17. The molecule has 2 aliphatic rings. The number of hydrogen-bond donors (Lipinski definition) is 1. The van der Waals surface area contributed by atoms with E-state index in [1.165, 1.54) is 12.1 Å². The van der Waals surface area contributed by atoms with Gasteiger partial charge in [-0.15, -0.1) is 0 Å². The molecular formula is C28H35Cl2FN4O2. The molecule has 0 bridgehead atoms. The molecule has 0 aromatic heterocycles. The van der Waals surface area contributed by atoms with Crippen LogP contribution < -0.4 is 10.2 Å². The minimum Gasteiger partial charge on any atom is -0.382 e. The van der Waals surface area contributed by atoms with E-state index in [1.807, 2.05) is 15.9 Å². The van der Waals surface area contributed by atoms with Gasteiger partial charge in [0.2, 0.25) is 11.8 Å². The van der Waals surface area contributed by atoms with Gasteiger partial charge < -0.3 is 20.0 Å². The zero-order chi connectivity index (χ0) is 26.4. The lowest BCUT2D eigenvalue weighted by Crippen LogP contribution is -2.45. The Hall–Kier alpha value is -2.35. The third kappa shape index (κ3) is 7.59. The van der Waals surface area contributed by atoms with Gasteiger partial charge in [0.25, 0.3) is 0 Å². The first-order valence-electron chi connectivity index (χ1n) is 13.1. The highest BCUT2D eigenvalue weighted by Gasteiger charge is 2.30. The molecule has 6 nitrogen and oxygen atoms in total. The number of carbonyl (C=O) groups is 2. The van der Waals surface area contributed by atoms with Crippen molar-refractivity contribution in [1.29, 1.82) is 0 Å². The molecule has 0 atom stereocenters. The van der Waals surface area contributed by atoms with Gasteiger partial charge in [0.05, 0.1) is 10.0 Å². The van der Waals surface area contributed by atoms with Gasteiger partial charge >= 0.3 is 0 Å². The fraction of sp³-hybridized carbons (Fsp3) is 0.500. The molecule has 2 fully saturated rings. The first-order valence-corrected chi connectivity index (χ1v) is 13.8. The van der Waals surface area contributed by atoms with Crippen LogP contribution in [-0.4, -0.2) is 66.9 Å². The zero-order valence-corrected chi connectivity index (χ0v) is 22.8. The van der Waals surface area contributed by atoms with Crippen LogP contribution in [0.1, 0.15) is 39.0 Å². The standard InChI is InChI=1S/C28H35Cl2FN4O2/c1-20(36)34-17-9-21(10-18-34)28(37)35(25-7-8-26(29)27(30)19-25)14-2-13-33-15-11-24(12-16-33)32-23-5-3-22(31)4-6-23/h3-8,19,21,24,32H,2,9-18H2,1H3. The van der Waals surface area contributed by atoms with Crippen LogP contribution in [0.4, 0.5) is 15.8 Å². The number of carbonyl (C=O) groups excluding carboxylic acids is 2. The van der Waals surface area contributed by atoms with Gasteiger partial charge in [-0.25, -0.2) is 4.39 Å². The lowest BCUT2D eigenvalue weighted by Gasteiger charge is -2.35. The van der Waals surface area contributed by atoms with Crippen LogP contribution in [0.25, 0.3) is 0 Å². The van der Waals surface area contributed by atoms with Gasteiger partial charge in [0.15, 0.2) is 0 Å². The molecule has 0 spiro atoms. The number of nitrogens with one attached hydrogen (secondary N) is 1. The summed E-state index contributed by atoms with van der Waals surface area (Å²) < 4.78 is 13.2. The lowest BCUT2D eigenvalue weighted by molar-refractivity contribution is -0.133. The van der Waals surface area contributed by atoms with E-state index in [0.717, 1.165) is 50.3 Å². The van der Waals surface area contributed by atoms with Gasteiger partial charge in [0, 0.05) is 63.0 Å². The molecule has 37 heavy (non-hydrogen) atoms. The number of piperidine rings is 2. The molecule has 2 heterocycles. The summed E-state index contributed by atoms with van der Waals surface area (Å²) in [5.74, 6) is -0.193. The van der Waals surface area contributed by atoms with E-state index < -0.39 is 0 Å². The summed E-state index contributed by atoms with van der Waals surface area (Å²) in [6.45, 7) is 6.25. The predicted octanol–water partition coefficient (Wildman–Crippen LogP) is 5.69. The summed E-state index contributed by atoms with van der Waals surface area (Å²) >= 11 is 12.4. The molecule has 4 rings (SSSR count). The average molecular weight is 550 g/mol. The molecular weight excluding hydrogens is 514 g/mol. The Morgan fingerprint density at radius 2 is 1.65 bits per heavy atom. The maximum absolute atomic E-state index is 13.6. The molecule has 2 saturated heterocycles. The fourth-order valence-corrected chi connectivity index (χ4v) is 5.51. The van der Waals surface area contributed by atoms with Crippen molar-refractivity contribution >= 4 is 46.4 Å². The Morgan fingerprint density at radius 1 is 0.973 bits per heavy atom. The number of amides is 2. The minimum absolute atomic E-state index is 0.0591. The maximum Gasteiger partial charge on any atom is 0.230 e. The molecule has 200 valence electrons. The molecule has 0 saturated carbocycles. The predicted molar refractivity (Wildman–Crippen MR) is 148 cm³/mol. The van der Waals surface area contributed by atoms with Gasteiger partial charge in [-0.2, -0.15) is 0 Å². The van der Waals surface area contributed by atoms with Gasteiger partial charge in [-0.05, 0) is 81.1 Å². The van der Waals surface area contributed by atoms with Crippen LogP contribution in [0.5, 0.6) is 0 Å². The fourth-order valence-electron chi connectivity index (χ4n) is 5.22. The van der Waals surface area contributed by atoms with Gasteiger partial charge in [-0.1, -0.05) is 23.2 Å². The molecule has 0 unspecified atom stereocenters. The Bertz CT molecular complexity index is 1070. The Morgan fingerprint density at radius 3 is 2.27 bits per heavy atom. The Kier molecular flexibility index (Phi) is 9.68. The van der Waals surface area contributed by atoms with Crippen molar-refractivity contribution in [3.63, 3.8) is 0 Å². The Balaban J connectivity index is 1.31. The van der Waals surface area contributed by atoms with E-state index in [9.17, 15) is 14.0 Å². The molecule has 2 aromatic carbocycles. The third-order valence-electron chi connectivity index (χ3n) is 7.43. The first-order chi connectivity index (χ1) is 17.8. The van der Waals surface area contributed by atoms with Crippen LogP contribution >= 0.6 is 23.2 Å². The van der Waals surface area contributed by atoms with E-state index >= 15 is 0 Å². The van der Waals surface area contributed by atoms with Crippen LogP contribution in [-0.2, 0) is 9.59 Å². The van der Waals surface area contributed by atoms with Crippen LogP contribution in [0.15, 0.2) is 42.5 Å². The van der Waals surface area contributed by atoms with E-state index in [4.69, 9.17) is 23.2 Å². The monoisotopic (exact) mass is 548 g/mol. The van der Waals surface area contributed by atoms with Crippen molar-refractivity contribution in [3.8, 4) is 0 Å². The maximum atomic E-state index is 13.6. The smallest absolute Gasteiger partial charge is 0.230 e. The quantitative estimate of drug-likeness (QED) is 0.460. The summed E-state index contributed by atoms with van der Waals surface area (Å²) in [6.07, 6.45) is 4.22. The minimum atomic E-state index is -0.227.